The second-order valence-electron chi connectivity index (χ2n) is 2.47. The average molecular weight is 234 g/mol. The molecule has 0 saturated heterocycles. The van der Waals surface area contributed by atoms with Crippen molar-refractivity contribution in [3.8, 4) is 5.75 Å². The van der Waals surface area contributed by atoms with Crippen LogP contribution in [0.25, 0.3) is 0 Å². The number of aryl methyl sites for hydroxylation is 1. The maximum Gasteiger partial charge on any atom is 0.488 e. The summed E-state index contributed by atoms with van der Waals surface area (Å²) in [4.78, 5) is 0. The molecule has 0 N–H and O–H groups in total. The van der Waals surface area contributed by atoms with Crippen molar-refractivity contribution in [2.45, 2.75) is 27.2 Å². The third-order valence-corrected chi connectivity index (χ3v) is 1.92. The Morgan fingerprint density at radius 2 is 1.67 bits per heavy atom. The number of hydrogen-bond donors (Lipinski definition) is 0. The van der Waals surface area contributed by atoms with Gasteiger partial charge in [0.2, 0.25) is 0 Å². The largest absolute Gasteiger partial charge is 0.488 e. The molecular formula is C10H15FO3S. The Balaban J connectivity index is 0.000000921. The molecule has 5 heteroatoms. The summed E-state index contributed by atoms with van der Waals surface area (Å²) in [5.74, 6) is -0.0142. The molecule has 0 aliphatic carbocycles. The van der Waals surface area contributed by atoms with Crippen molar-refractivity contribution in [2.75, 3.05) is 0 Å². The molecule has 0 unspecified atom stereocenters. The molecule has 0 amide bonds. The lowest BCUT2D eigenvalue weighted by molar-refractivity contribution is 0.440. The summed E-state index contributed by atoms with van der Waals surface area (Å²) < 4.78 is 36.1. The van der Waals surface area contributed by atoms with E-state index in [0.717, 1.165) is 12.0 Å². The van der Waals surface area contributed by atoms with Crippen LogP contribution in [0.4, 0.5) is 3.89 Å². The van der Waals surface area contributed by atoms with E-state index in [1.807, 2.05) is 20.8 Å². The summed E-state index contributed by atoms with van der Waals surface area (Å²) in [6.45, 7) is 5.96. The van der Waals surface area contributed by atoms with Crippen LogP contribution in [0.3, 0.4) is 0 Å². The van der Waals surface area contributed by atoms with Crippen molar-refractivity contribution < 1.29 is 16.5 Å². The number of benzene rings is 1. The molecule has 1 rings (SSSR count). The predicted molar refractivity (Wildman–Crippen MR) is 57.8 cm³/mol. The van der Waals surface area contributed by atoms with Crippen molar-refractivity contribution in [1.82, 2.24) is 0 Å². The fraction of sp³-hybridized carbons (Fsp3) is 0.400. The summed E-state index contributed by atoms with van der Waals surface area (Å²) >= 11 is 0. The Labute approximate surface area is 90.3 Å². The smallest absolute Gasteiger partial charge is 0.358 e. The Bertz CT molecular complexity index is 370. The quantitative estimate of drug-likeness (QED) is 0.755. The molecule has 0 spiro atoms. The van der Waals surface area contributed by atoms with E-state index in [9.17, 15) is 12.3 Å². The van der Waals surface area contributed by atoms with Crippen LogP contribution in [0.1, 0.15) is 26.3 Å². The van der Waals surface area contributed by atoms with Crippen LogP contribution in [0.5, 0.6) is 5.75 Å². The maximum atomic E-state index is 12.0. The molecule has 0 atom stereocenters. The summed E-state index contributed by atoms with van der Waals surface area (Å²) in [6.07, 6.45) is 0.836. The monoisotopic (exact) mass is 234 g/mol. The van der Waals surface area contributed by atoms with Gasteiger partial charge >= 0.3 is 10.5 Å². The standard InChI is InChI=1S/C8H9FO3S.C2H6/c1-2-7-3-5-8(6-4-7)12-13(9,10)11;1-2/h3-6H,2H2,1H3;1-2H3. The van der Waals surface area contributed by atoms with Gasteiger partial charge in [-0.05, 0) is 24.1 Å². The molecule has 0 aromatic heterocycles. The fourth-order valence-electron chi connectivity index (χ4n) is 0.896. The highest BCUT2D eigenvalue weighted by atomic mass is 32.3. The van der Waals surface area contributed by atoms with E-state index >= 15 is 0 Å². The molecule has 3 nitrogen and oxygen atoms in total. The average Bonchev–Trinajstić information content (AvgIpc) is 2.20. The first-order chi connectivity index (χ1) is 7.01. The topological polar surface area (TPSA) is 43.4 Å². The van der Waals surface area contributed by atoms with E-state index in [4.69, 9.17) is 0 Å². The maximum absolute atomic E-state index is 12.0. The highest BCUT2D eigenvalue weighted by Gasteiger charge is 2.08. The third kappa shape index (κ3) is 6.06. The Kier molecular flexibility index (Phi) is 5.93. The number of halogens is 1. The minimum absolute atomic E-state index is 0.0142. The van der Waals surface area contributed by atoms with Crippen LogP contribution in [0, 0.1) is 0 Å². The highest BCUT2D eigenvalue weighted by molar-refractivity contribution is 7.81. The second-order valence-corrected chi connectivity index (χ2v) is 3.43. The van der Waals surface area contributed by atoms with Crippen LogP contribution in [-0.4, -0.2) is 8.42 Å². The van der Waals surface area contributed by atoms with Gasteiger partial charge in [-0.1, -0.05) is 36.8 Å². The predicted octanol–water partition coefficient (Wildman–Crippen LogP) is 2.87. The van der Waals surface area contributed by atoms with Gasteiger partial charge in [0, 0.05) is 0 Å². The molecule has 1 aromatic rings. The van der Waals surface area contributed by atoms with Gasteiger partial charge in [-0.2, -0.15) is 8.42 Å². The fourth-order valence-corrected chi connectivity index (χ4v) is 1.24. The van der Waals surface area contributed by atoms with E-state index in [0.29, 0.717) is 0 Å². The van der Waals surface area contributed by atoms with Gasteiger partial charge in [-0.15, -0.1) is 0 Å². The first-order valence-electron chi connectivity index (χ1n) is 4.74. The zero-order valence-electron chi connectivity index (χ0n) is 9.03. The normalized spacial score (nSPS) is 10.1. The molecule has 1 aromatic carbocycles. The van der Waals surface area contributed by atoms with Crippen LogP contribution in [-0.2, 0) is 16.9 Å². The van der Waals surface area contributed by atoms with Crippen molar-refractivity contribution >= 4 is 10.5 Å². The molecule has 15 heavy (non-hydrogen) atoms. The van der Waals surface area contributed by atoms with Crippen molar-refractivity contribution in [3.05, 3.63) is 29.8 Å². The molecule has 0 aliphatic heterocycles. The van der Waals surface area contributed by atoms with E-state index < -0.39 is 10.5 Å². The van der Waals surface area contributed by atoms with Crippen molar-refractivity contribution in [1.29, 1.82) is 0 Å². The Hall–Kier alpha value is -1.10. The van der Waals surface area contributed by atoms with Crippen molar-refractivity contribution in [3.63, 3.8) is 0 Å². The molecule has 0 radical (unpaired) electrons. The SMILES string of the molecule is CC.CCc1ccc(OS(=O)(=O)F)cc1. The molecule has 0 saturated carbocycles. The van der Waals surface area contributed by atoms with E-state index in [1.54, 1.807) is 12.1 Å². The summed E-state index contributed by atoms with van der Waals surface area (Å²) in [7, 11) is -4.90. The van der Waals surface area contributed by atoms with Gasteiger partial charge in [0.05, 0.1) is 0 Å². The molecule has 0 aliphatic rings. The molecule has 86 valence electrons. The van der Waals surface area contributed by atoms with E-state index in [1.165, 1.54) is 12.1 Å². The lowest BCUT2D eigenvalue weighted by Crippen LogP contribution is -2.00. The molecule has 0 bridgehead atoms. The Morgan fingerprint density at radius 3 is 2.00 bits per heavy atom. The number of rotatable bonds is 3. The summed E-state index contributed by atoms with van der Waals surface area (Å²) in [5, 5.41) is 0. The second kappa shape index (κ2) is 6.40. The van der Waals surface area contributed by atoms with Crippen LogP contribution in [0.2, 0.25) is 0 Å². The van der Waals surface area contributed by atoms with Gasteiger partial charge < -0.3 is 4.18 Å². The molecule has 0 heterocycles. The van der Waals surface area contributed by atoms with Gasteiger partial charge in [0.1, 0.15) is 5.75 Å². The lowest BCUT2D eigenvalue weighted by Gasteiger charge is -2.00. The first-order valence-corrected chi connectivity index (χ1v) is 6.05. The zero-order chi connectivity index (χ0) is 11.9. The highest BCUT2D eigenvalue weighted by Crippen LogP contribution is 2.14. The summed E-state index contributed by atoms with van der Waals surface area (Å²) in [5.41, 5.74) is 1.03. The van der Waals surface area contributed by atoms with E-state index in [2.05, 4.69) is 4.18 Å². The molecule has 0 fully saturated rings. The lowest BCUT2D eigenvalue weighted by atomic mass is 10.2. The van der Waals surface area contributed by atoms with Gasteiger partial charge in [-0.25, -0.2) is 0 Å². The van der Waals surface area contributed by atoms with Crippen molar-refractivity contribution in [2.24, 2.45) is 0 Å². The minimum atomic E-state index is -4.90. The van der Waals surface area contributed by atoms with Gasteiger partial charge in [0.25, 0.3) is 0 Å². The van der Waals surface area contributed by atoms with Crippen LogP contribution < -0.4 is 4.18 Å². The minimum Gasteiger partial charge on any atom is -0.358 e. The van der Waals surface area contributed by atoms with E-state index in [-0.39, 0.29) is 5.75 Å². The van der Waals surface area contributed by atoms with Crippen LogP contribution in [0.15, 0.2) is 24.3 Å². The summed E-state index contributed by atoms with van der Waals surface area (Å²) in [6, 6.07) is 6.19. The number of hydrogen-bond acceptors (Lipinski definition) is 3. The zero-order valence-corrected chi connectivity index (χ0v) is 9.84. The Morgan fingerprint density at radius 1 is 1.20 bits per heavy atom. The third-order valence-electron chi connectivity index (χ3n) is 1.53. The molecular weight excluding hydrogens is 219 g/mol. The van der Waals surface area contributed by atoms with Gasteiger partial charge in [0.15, 0.2) is 0 Å². The first kappa shape index (κ1) is 13.9. The van der Waals surface area contributed by atoms with Gasteiger partial charge in [-0.3, -0.25) is 0 Å². The van der Waals surface area contributed by atoms with Crippen LogP contribution >= 0.6 is 0 Å².